The molecule has 0 aromatic heterocycles. The lowest BCUT2D eigenvalue weighted by atomic mass is 10.3. The molecular weight excluding hydrogens is 207 g/mol. The number of unbranched alkanes of at least 4 members (excludes halogenated alkanes) is 1. The van der Waals surface area contributed by atoms with Crippen LogP contribution < -0.4 is 0 Å². The molecule has 14 heavy (non-hydrogen) atoms. The highest BCUT2D eigenvalue weighted by atomic mass is 31.2. The Hall–Kier alpha value is -0.380. The zero-order chi connectivity index (χ0) is 11.0. The summed E-state index contributed by atoms with van der Waals surface area (Å²) >= 11 is 0. The molecule has 0 heterocycles. The summed E-state index contributed by atoms with van der Waals surface area (Å²) in [6.07, 6.45) is 1.78. The van der Waals surface area contributed by atoms with E-state index >= 15 is 0 Å². The Labute approximate surface area is 83.6 Å². The van der Waals surface area contributed by atoms with Gasteiger partial charge in [0.2, 0.25) is 0 Å². The van der Waals surface area contributed by atoms with E-state index in [2.05, 4.69) is 0 Å². The minimum atomic E-state index is -3.96. The van der Waals surface area contributed by atoms with Gasteiger partial charge in [-0.05, 0) is 12.8 Å². The number of rotatable bonds is 7. The maximum Gasteiger partial charge on any atom is 0.325 e. The van der Waals surface area contributed by atoms with Gasteiger partial charge in [0, 0.05) is 6.42 Å². The highest BCUT2D eigenvalue weighted by molar-refractivity contribution is 7.51. The minimum Gasteiger partial charge on any atom is -0.466 e. The molecule has 0 fully saturated rings. The molecule has 0 bridgehead atoms. The van der Waals surface area contributed by atoms with Crippen molar-refractivity contribution in [3.05, 3.63) is 0 Å². The molecule has 0 aliphatic carbocycles. The standard InChI is InChI=1S/C8H17O5P/c1-2-3-6-13-8(9)5-4-7-14(10,11)12/h2-7H2,1H3,(H2,10,11,12). The zero-order valence-corrected chi connectivity index (χ0v) is 9.20. The molecule has 0 saturated heterocycles. The Morgan fingerprint density at radius 3 is 2.50 bits per heavy atom. The summed E-state index contributed by atoms with van der Waals surface area (Å²) in [7, 11) is -3.96. The van der Waals surface area contributed by atoms with Gasteiger partial charge in [0.05, 0.1) is 12.8 Å². The second kappa shape index (κ2) is 6.98. The van der Waals surface area contributed by atoms with Crippen LogP contribution in [0, 0.1) is 0 Å². The first-order valence-corrected chi connectivity index (χ1v) is 6.45. The third-order valence-corrected chi connectivity index (χ3v) is 2.49. The average molecular weight is 224 g/mol. The zero-order valence-electron chi connectivity index (χ0n) is 8.31. The van der Waals surface area contributed by atoms with E-state index in [4.69, 9.17) is 14.5 Å². The monoisotopic (exact) mass is 224 g/mol. The van der Waals surface area contributed by atoms with Gasteiger partial charge in [-0.3, -0.25) is 9.36 Å². The van der Waals surface area contributed by atoms with E-state index < -0.39 is 7.60 Å². The van der Waals surface area contributed by atoms with Crippen LogP contribution in [0.1, 0.15) is 32.6 Å². The number of esters is 1. The van der Waals surface area contributed by atoms with Crippen molar-refractivity contribution >= 4 is 13.6 Å². The van der Waals surface area contributed by atoms with Crippen LogP contribution in [0.5, 0.6) is 0 Å². The molecule has 2 N–H and O–H groups in total. The van der Waals surface area contributed by atoms with Gasteiger partial charge in [0.1, 0.15) is 0 Å². The van der Waals surface area contributed by atoms with Crippen molar-refractivity contribution in [2.45, 2.75) is 32.6 Å². The Morgan fingerprint density at radius 1 is 1.36 bits per heavy atom. The molecule has 0 radical (unpaired) electrons. The molecule has 0 rings (SSSR count). The molecule has 5 nitrogen and oxygen atoms in total. The molecule has 6 heteroatoms. The van der Waals surface area contributed by atoms with Crippen LogP contribution in [-0.4, -0.2) is 28.5 Å². The lowest BCUT2D eigenvalue weighted by Gasteiger charge is -2.04. The van der Waals surface area contributed by atoms with Crippen LogP contribution in [0.2, 0.25) is 0 Å². The quantitative estimate of drug-likeness (QED) is 0.386. The Balaban J connectivity index is 3.41. The molecule has 0 atom stereocenters. The normalized spacial score (nSPS) is 11.4. The van der Waals surface area contributed by atoms with E-state index in [9.17, 15) is 9.36 Å². The molecule has 0 aliphatic heterocycles. The molecule has 0 saturated carbocycles. The summed E-state index contributed by atoms with van der Waals surface area (Å²) in [4.78, 5) is 27.9. The fourth-order valence-corrected chi connectivity index (χ4v) is 1.40. The van der Waals surface area contributed by atoms with Crippen molar-refractivity contribution < 1.29 is 23.9 Å². The lowest BCUT2D eigenvalue weighted by molar-refractivity contribution is -0.143. The minimum absolute atomic E-state index is 0.0782. The Bertz CT molecular complexity index is 210. The summed E-state index contributed by atoms with van der Waals surface area (Å²) in [5.41, 5.74) is 0. The topological polar surface area (TPSA) is 83.8 Å². The highest BCUT2D eigenvalue weighted by Crippen LogP contribution is 2.35. The van der Waals surface area contributed by atoms with E-state index in [1.807, 2.05) is 6.92 Å². The first-order chi connectivity index (χ1) is 6.45. The van der Waals surface area contributed by atoms with E-state index in [1.165, 1.54) is 0 Å². The van der Waals surface area contributed by atoms with Crippen LogP contribution >= 0.6 is 7.60 Å². The third kappa shape index (κ3) is 9.71. The predicted octanol–water partition coefficient (Wildman–Crippen LogP) is 1.29. The van der Waals surface area contributed by atoms with Crippen molar-refractivity contribution in [2.24, 2.45) is 0 Å². The SMILES string of the molecule is CCCCOC(=O)CCCP(=O)(O)O. The van der Waals surface area contributed by atoms with Gasteiger partial charge in [0.15, 0.2) is 0 Å². The second-order valence-electron chi connectivity index (χ2n) is 3.07. The second-order valence-corrected chi connectivity index (χ2v) is 4.84. The summed E-state index contributed by atoms with van der Waals surface area (Å²) in [5.74, 6) is -0.382. The Kier molecular flexibility index (Phi) is 6.79. The molecular formula is C8H17O5P. The molecule has 84 valence electrons. The van der Waals surface area contributed by atoms with Crippen LogP contribution in [-0.2, 0) is 14.1 Å². The maximum absolute atomic E-state index is 10.9. The molecule has 0 aromatic rings. The summed E-state index contributed by atoms with van der Waals surface area (Å²) in [6.45, 7) is 2.38. The Morgan fingerprint density at radius 2 is 2.00 bits per heavy atom. The van der Waals surface area contributed by atoms with Gasteiger partial charge in [0.25, 0.3) is 0 Å². The van der Waals surface area contributed by atoms with Crippen LogP contribution in [0.25, 0.3) is 0 Å². The molecule has 0 unspecified atom stereocenters. The summed E-state index contributed by atoms with van der Waals surface area (Å²) in [5, 5.41) is 0. The number of ether oxygens (including phenoxy) is 1. The first-order valence-electron chi connectivity index (χ1n) is 4.66. The lowest BCUT2D eigenvalue weighted by Crippen LogP contribution is -2.06. The van der Waals surface area contributed by atoms with Crippen molar-refractivity contribution in [3.63, 3.8) is 0 Å². The molecule has 0 aromatic carbocycles. The van der Waals surface area contributed by atoms with Gasteiger partial charge >= 0.3 is 13.6 Å². The summed E-state index contributed by atoms with van der Waals surface area (Å²) < 4.78 is 15.2. The molecule has 0 amide bonds. The van der Waals surface area contributed by atoms with Crippen molar-refractivity contribution in [1.82, 2.24) is 0 Å². The smallest absolute Gasteiger partial charge is 0.325 e. The van der Waals surface area contributed by atoms with Gasteiger partial charge in [-0.25, -0.2) is 0 Å². The fraction of sp³-hybridized carbons (Fsp3) is 0.875. The largest absolute Gasteiger partial charge is 0.466 e. The van der Waals surface area contributed by atoms with Gasteiger partial charge in [-0.15, -0.1) is 0 Å². The van der Waals surface area contributed by atoms with Gasteiger partial charge in [-0.1, -0.05) is 13.3 Å². The fourth-order valence-electron chi connectivity index (χ4n) is 0.832. The summed E-state index contributed by atoms with van der Waals surface area (Å²) in [6, 6.07) is 0. The van der Waals surface area contributed by atoms with E-state index in [0.717, 1.165) is 12.8 Å². The number of carbonyl (C=O) groups is 1. The van der Waals surface area contributed by atoms with Gasteiger partial charge < -0.3 is 14.5 Å². The number of hydrogen-bond acceptors (Lipinski definition) is 3. The highest BCUT2D eigenvalue weighted by Gasteiger charge is 2.13. The molecule has 0 aliphatic rings. The first kappa shape index (κ1) is 13.6. The van der Waals surface area contributed by atoms with Crippen molar-refractivity contribution in [2.75, 3.05) is 12.8 Å². The average Bonchev–Trinajstić information content (AvgIpc) is 2.02. The predicted molar refractivity (Wildman–Crippen MR) is 52.0 cm³/mol. The van der Waals surface area contributed by atoms with Crippen LogP contribution in [0.3, 0.4) is 0 Å². The van der Waals surface area contributed by atoms with Crippen molar-refractivity contribution in [1.29, 1.82) is 0 Å². The van der Waals surface area contributed by atoms with Crippen molar-refractivity contribution in [3.8, 4) is 0 Å². The van der Waals surface area contributed by atoms with E-state index in [0.29, 0.717) is 6.61 Å². The van der Waals surface area contributed by atoms with Crippen LogP contribution in [0.15, 0.2) is 0 Å². The number of hydrogen-bond donors (Lipinski definition) is 2. The molecule has 0 spiro atoms. The van der Waals surface area contributed by atoms with Crippen LogP contribution in [0.4, 0.5) is 0 Å². The van der Waals surface area contributed by atoms with Gasteiger partial charge in [-0.2, -0.15) is 0 Å². The van der Waals surface area contributed by atoms with E-state index in [1.54, 1.807) is 0 Å². The maximum atomic E-state index is 10.9. The number of carbonyl (C=O) groups excluding carboxylic acids is 1. The van der Waals surface area contributed by atoms with E-state index in [-0.39, 0.29) is 25.0 Å². The third-order valence-electron chi connectivity index (χ3n) is 1.59.